The molecule has 3 heterocycles. The van der Waals surface area contributed by atoms with Crippen LogP contribution in [0.2, 0.25) is 0 Å². The molecule has 0 radical (unpaired) electrons. The number of hydrogen-bond donors (Lipinski definition) is 0. The molecule has 1 atom stereocenters. The molecule has 2 aromatic heterocycles. The van der Waals surface area contributed by atoms with Crippen LogP contribution in [0.3, 0.4) is 0 Å². The van der Waals surface area contributed by atoms with Gasteiger partial charge in [0.15, 0.2) is 0 Å². The van der Waals surface area contributed by atoms with Gasteiger partial charge >= 0.3 is 0 Å². The lowest BCUT2D eigenvalue weighted by atomic mass is 9.99. The highest BCUT2D eigenvalue weighted by Crippen LogP contribution is 2.24. The second-order valence-electron chi connectivity index (χ2n) is 8.40. The van der Waals surface area contributed by atoms with E-state index in [-0.39, 0.29) is 5.91 Å². The molecule has 1 fully saturated rings. The maximum atomic E-state index is 12.8. The van der Waals surface area contributed by atoms with Crippen LogP contribution in [0.4, 0.5) is 0 Å². The number of nitrogens with zero attached hydrogens (tertiary/aromatic N) is 5. The molecular weight excluding hydrogens is 406 g/mol. The standard InChI is InChI=1S/C24H31N5OS/c1-5-20-12-8-9-13-28(20)22(30)15-31-24-26-23-25-17(3)21(18(4)29(23)27-24)14-19-11-7-6-10-16(19)2/h6-7,10-11,20H,5,8-9,12-15H2,1-4H3. The number of benzene rings is 1. The summed E-state index contributed by atoms with van der Waals surface area (Å²) in [7, 11) is 0. The van der Waals surface area contributed by atoms with Crippen molar-refractivity contribution in [2.75, 3.05) is 12.3 Å². The van der Waals surface area contributed by atoms with Gasteiger partial charge in [0.2, 0.25) is 11.1 Å². The summed E-state index contributed by atoms with van der Waals surface area (Å²) in [5.41, 5.74) is 5.78. The fourth-order valence-electron chi connectivity index (χ4n) is 4.47. The number of aromatic nitrogens is 4. The average Bonchev–Trinajstić information content (AvgIpc) is 3.19. The summed E-state index contributed by atoms with van der Waals surface area (Å²) in [6, 6.07) is 8.82. The van der Waals surface area contributed by atoms with E-state index in [2.05, 4.69) is 60.0 Å². The van der Waals surface area contributed by atoms with Crippen molar-refractivity contribution in [1.29, 1.82) is 0 Å². The molecule has 1 unspecified atom stereocenters. The third-order valence-electron chi connectivity index (χ3n) is 6.40. The van der Waals surface area contributed by atoms with Gasteiger partial charge in [0.1, 0.15) is 0 Å². The minimum absolute atomic E-state index is 0.191. The molecule has 1 saturated heterocycles. The molecular formula is C24H31N5OS. The van der Waals surface area contributed by atoms with Crippen LogP contribution in [-0.2, 0) is 11.2 Å². The molecule has 31 heavy (non-hydrogen) atoms. The molecule has 1 aliphatic heterocycles. The van der Waals surface area contributed by atoms with Gasteiger partial charge in [0, 0.05) is 30.4 Å². The van der Waals surface area contributed by atoms with E-state index in [1.807, 2.05) is 11.4 Å². The Labute approximate surface area is 188 Å². The molecule has 7 heteroatoms. The van der Waals surface area contributed by atoms with E-state index in [0.717, 1.165) is 43.6 Å². The predicted octanol–water partition coefficient (Wildman–Crippen LogP) is 4.52. The highest BCUT2D eigenvalue weighted by atomic mass is 32.2. The van der Waals surface area contributed by atoms with E-state index in [4.69, 9.17) is 4.98 Å². The van der Waals surface area contributed by atoms with Crippen LogP contribution in [-0.4, -0.2) is 48.7 Å². The predicted molar refractivity (Wildman–Crippen MR) is 125 cm³/mol. The smallest absolute Gasteiger partial charge is 0.253 e. The van der Waals surface area contributed by atoms with Gasteiger partial charge in [-0.3, -0.25) is 4.79 Å². The minimum atomic E-state index is 0.191. The second kappa shape index (κ2) is 9.39. The van der Waals surface area contributed by atoms with Gasteiger partial charge < -0.3 is 4.90 Å². The number of piperidine rings is 1. The molecule has 0 aliphatic carbocycles. The van der Waals surface area contributed by atoms with E-state index >= 15 is 0 Å². The van der Waals surface area contributed by atoms with Crippen LogP contribution >= 0.6 is 11.8 Å². The van der Waals surface area contributed by atoms with Crippen molar-refractivity contribution in [1.82, 2.24) is 24.5 Å². The summed E-state index contributed by atoms with van der Waals surface area (Å²) in [6.45, 7) is 9.28. The number of carbonyl (C=O) groups excluding carboxylic acids is 1. The molecule has 1 aliphatic rings. The maximum Gasteiger partial charge on any atom is 0.253 e. The Morgan fingerprint density at radius 3 is 2.74 bits per heavy atom. The van der Waals surface area contributed by atoms with Gasteiger partial charge in [0.05, 0.1) is 5.75 Å². The lowest BCUT2D eigenvalue weighted by Crippen LogP contribution is -2.44. The molecule has 1 amide bonds. The van der Waals surface area contributed by atoms with Crippen LogP contribution in [0.15, 0.2) is 29.4 Å². The first-order valence-electron chi connectivity index (χ1n) is 11.2. The number of hydrogen-bond acceptors (Lipinski definition) is 5. The van der Waals surface area contributed by atoms with Crippen LogP contribution < -0.4 is 0 Å². The number of aryl methyl sites for hydroxylation is 3. The van der Waals surface area contributed by atoms with Crippen LogP contribution in [0.5, 0.6) is 0 Å². The lowest BCUT2D eigenvalue weighted by molar-refractivity contribution is -0.132. The summed E-state index contributed by atoms with van der Waals surface area (Å²) in [5, 5.41) is 5.28. The van der Waals surface area contributed by atoms with Gasteiger partial charge in [-0.2, -0.15) is 4.98 Å². The van der Waals surface area contributed by atoms with Crippen molar-refractivity contribution >= 4 is 23.4 Å². The van der Waals surface area contributed by atoms with Gasteiger partial charge in [-0.05, 0) is 63.1 Å². The Morgan fingerprint density at radius 1 is 1.16 bits per heavy atom. The van der Waals surface area contributed by atoms with Crippen molar-refractivity contribution < 1.29 is 4.79 Å². The number of thioether (sulfide) groups is 1. The Kier molecular flexibility index (Phi) is 6.60. The SMILES string of the molecule is CCC1CCCCN1C(=O)CSc1nc2nc(C)c(Cc3ccccc3C)c(C)n2n1. The second-order valence-corrected chi connectivity index (χ2v) is 9.35. The molecule has 0 saturated carbocycles. The molecule has 0 N–H and O–H groups in total. The fraction of sp³-hybridized carbons (Fsp3) is 0.500. The van der Waals surface area contributed by atoms with Gasteiger partial charge in [0.25, 0.3) is 5.78 Å². The van der Waals surface area contributed by atoms with Crippen LogP contribution in [0.25, 0.3) is 5.78 Å². The highest BCUT2D eigenvalue weighted by molar-refractivity contribution is 7.99. The first kappa shape index (κ1) is 21.8. The highest BCUT2D eigenvalue weighted by Gasteiger charge is 2.25. The van der Waals surface area contributed by atoms with E-state index < -0.39 is 0 Å². The Morgan fingerprint density at radius 2 is 1.97 bits per heavy atom. The third-order valence-corrected chi connectivity index (χ3v) is 7.22. The zero-order chi connectivity index (χ0) is 22.0. The summed E-state index contributed by atoms with van der Waals surface area (Å²) in [4.78, 5) is 24.1. The maximum absolute atomic E-state index is 12.8. The average molecular weight is 438 g/mol. The summed E-state index contributed by atoms with van der Waals surface area (Å²) in [5.74, 6) is 1.17. The van der Waals surface area contributed by atoms with Crippen molar-refractivity contribution in [2.24, 2.45) is 0 Å². The Bertz CT molecular complexity index is 1090. The largest absolute Gasteiger partial charge is 0.339 e. The van der Waals surface area contributed by atoms with Crippen molar-refractivity contribution in [3.63, 3.8) is 0 Å². The first-order valence-corrected chi connectivity index (χ1v) is 12.2. The molecule has 4 rings (SSSR count). The monoisotopic (exact) mass is 437 g/mol. The molecule has 0 bridgehead atoms. The van der Waals surface area contributed by atoms with E-state index in [0.29, 0.717) is 22.7 Å². The zero-order valence-electron chi connectivity index (χ0n) is 18.9. The number of likely N-dealkylation sites (tertiary alicyclic amines) is 1. The quantitative estimate of drug-likeness (QED) is 0.531. The molecule has 6 nitrogen and oxygen atoms in total. The summed E-state index contributed by atoms with van der Waals surface area (Å²) >= 11 is 1.41. The van der Waals surface area contributed by atoms with Crippen LogP contribution in [0.1, 0.15) is 60.7 Å². The number of rotatable bonds is 6. The van der Waals surface area contributed by atoms with Gasteiger partial charge in [-0.1, -0.05) is 43.0 Å². The number of carbonyl (C=O) groups is 1. The lowest BCUT2D eigenvalue weighted by Gasteiger charge is -2.35. The van der Waals surface area contributed by atoms with Crippen molar-refractivity contribution in [2.45, 2.75) is 71.0 Å². The molecule has 0 spiro atoms. The van der Waals surface area contributed by atoms with Crippen molar-refractivity contribution in [3.05, 3.63) is 52.3 Å². The third kappa shape index (κ3) is 4.61. The summed E-state index contributed by atoms with van der Waals surface area (Å²) < 4.78 is 1.82. The topological polar surface area (TPSA) is 63.4 Å². The van der Waals surface area contributed by atoms with Gasteiger partial charge in [-0.15, -0.1) is 5.10 Å². The molecule has 3 aromatic rings. The number of fused-ring (bicyclic) bond motifs is 1. The van der Waals surface area contributed by atoms with E-state index in [9.17, 15) is 4.79 Å². The van der Waals surface area contributed by atoms with Gasteiger partial charge in [-0.25, -0.2) is 9.50 Å². The summed E-state index contributed by atoms with van der Waals surface area (Å²) in [6.07, 6.45) is 5.28. The molecule has 1 aromatic carbocycles. The fourth-order valence-corrected chi connectivity index (χ4v) is 5.17. The zero-order valence-corrected chi connectivity index (χ0v) is 19.7. The first-order chi connectivity index (χ1) is 15.0. The van der Waals surface area contributed by atoms with E-state index in [1.165, 1.54) is 34.9 Å². The Balaban J connectivity index is 1.52. The molecule has 164 valence electrons. The van der Waals surface area contributed by atoms with E-state index in [1.54, 1.807) is 0 Å². The number of amides is 1. The Hall–Kier alpha value is -2.41. The van der Waals surface area contributed by atoms with Crippen LogP contribution in [0, 0.1) is 20.8 Å². The van der Waals surface area contributed by atoms with Crippen molar-refractivity contribution in [3.8, 4) is 0 Å². The normalized spacial score (nSPS) is 16.8. The minimum Gasteiger partial charge on any atom is -0.339 e.